The van der Waals surface area contributed by atoms with E-state index in [1.807, 2.05) is 48.5 Å². The molecule has 0 radical (unpaired) electrons. The SMILES string of the molecule is COc1ccc(NC(=O)N2CCC3(CC2)C(=O)N(CC(=O)NCCc2ccc(OC)c(OC)c2)CN3c2ccccc2)cc1. The van der Waals surface area contributed by atoms with Crippen molar-refractivity contribution in [1.29, 1.82) is 0 Å². The van der Waals surface area contributed by atoms with E-state index in [0.29, 0.717) is 68.5 Å². The van der Waals surface area contributed by atoms with Crippen LogP contribution < -0.4 is 29.7 Å². The Bertz CT molecular complexity index is 1460. The van der Waals surface area contributed by atoms with Crippen molar-refractivity contribution in [3.63, 3.8) is 0 Å². The lowest BCUT2D eigenvalue weighted by atomic mass is 9.85. The Kier molecular flexibility index (Phi) is 9.42. The molecule has 2 aliphatic rings. The average Bonchev–Trinajstić information content (AvgIpc) is 3.31. The molecule has 2 saturated heterocycles. The van der Waals surface area contributed by atoms with E-state index in [-0.39, 0.29) is 24.4 Å². The number of carbonyl (C=O) groups excluding carboxylic acids is 3. The van der Waals surface area contributed by atoms with Crippen LogP contribution in [0.3, 0.4) is 0 Å². The summed E-state index contributed by atoms with van der Waals surface area (Å²) in [5, 5.41) is 5.88. The molecule has 11 nitrogen and oxygen atoms in total. The number of piperidine rings is 1. The van der Waals surface area contributed by atoms with Crippen LogP contribution in [0.4, 0.5) is 16.2 Å². The predicted octanol–water partition coefficient (Wildman–Crippen LogP) is 3.74. The molecule has 44 heavy (non-hydrogen) atoms. The average molecular weight is 602 g/mol. The minimum absolute atomic E-state index is 0.0441. The van der Waals surface area contributed by atoms with Crippen LogP contribution in [0.25, 0.3) is 0 Å². The van der Waals surface area contributed by atoms with Gasteiger partial charge >= 0.3 is 6.03 Å². The van der Waals surface area contributed by atoms with Gasteiger partial charge in [0.15, 0.2) is 11.5 Å². The smallest absolute Gasteiger partial charge is 0.321 e. The van der Waals surface area contributed by atoms with Crippen LogP contribution >= 0.6 is 0 Å². The molecule has 2 N–H and O–H groups in total. The molecule has 0 aliphatic carbocycles. The molecule has 5 rings (SSSR count). The highest BCUT2D eigenvalue weighted by molar-refractivity contribution is 5.97. The quantitative estimate of drug-likeness (QED) is 0.364. The van der Waals surface area contributed by atoms with Gasteiger partial charge in [-0.05, 0) is 73.4 Å². The van der Waals surface area contributed by atoms with Gasteiger partial charge in [-0.15, -0.1) is 0 Å². The molecule has 0 atom stereocenters. The van der Waals surface area contributed by atoms with Gasteiger partial charge in [-0.1, -0.05) is 24.3 Å². The van der Waals surface area contributed by atoms with E-state index >= 15 is 0 Å². The molecule has 0 unspecified atom stereocenters. The maximum atomic E-state index is 14.0. The highest BCUT2D eigenvalue weighted by Gasteiger charge is 2.54. The molecule has 0 aromatic heterocycles. The Balaban J connectivity index is 1.21. The minimum atomic E-state index is -0.835. The number of nitrogens with one attached hydrogen (secondary N) is 2. The third kappa shape index (κ3) is 6.51. The number of anilines is 2. The number of hydrogen-bond acceptors (Lipinski definition) is 7. The maximum absolute atomic E-state index is 14.0. The first kappa shape index (κ1) is 30.5. The summed E-state index contributed by atoms with van der Waals surface area (Å²) in [5.41, 5.74) is 1.74. The molecule has 232 valence electrons. The second-order valence-electron chi connectivity index (χ2n) is 10.9. The maximum Gasteiger partial charge on any atom is 0.321 e. The summed E-state index contributed by atoms with van der Waals surface area (Å²) < 4.78 is 15.9. The first-order chi connectivity index (χ1) is 21.4. The van der Waals surface area contributed by atoms with E-state index in [4.69, 9.17) is 14.2 Å². The number of likely N-dealkylation sites (tertiary alicyclic amines) is 1. The number of amides is 4. The summed E-state index contributed by atoms with van der Waals surface area (Å²) in [7, 11) is 4.77. The van der Waals surface area contributed by atoms with Gasteiger partial charge in [-0.25, -0.2) is 4.79 Å². The molecular formula is C33H39N5O6. The van der Waals surface area contributed by atoms with Crippen molar-refractivity contribution >= 4 is 29.2 Å². The van der Waals surface area contributed by atoms with Gasteiger partial charge in [0.05, 0.1) is 28.0 Å². The fraction of sp³-hybridized carbons (Fsp3) is 0.364. The van der Waals surface area contributed by atoms with Gasteiger partial charge in [-0.2, -0.15) is 0 Å². The highest BCUT2D eigenvalue weighted by Crippen LogP contribution is 2.39. The van der Waals surface area contributed by atoms with Crippen LogP contribution in [-0.4, -0.2) is 87.4 Å². The van der Waals surface area contributed by atoms with Gasteiger partial charge in [0, 0.05) is 31.0 Å². The molecule has 0 bridgehead atoms. The van der Waals surface area contributed by atoms with Crippen molar-refractivity contribution in [3.05, 3.63) is 78.4 Å². The summed E-state index contributed by atoms with van der Waals surface area (Å²) in [6.45, 7) is 1.48. The van der Waals surface area contributed by atoms with Gasteiger partial charge < -0.3 is 39.5 Å². The van der Waals surface area contributed by atoms with Gasteiger partial charge in [0.2, 0.25) is 5.91 Å². The van der Waals surface area contributed by atoms with Crippen LogP contribution in [0.15, 0.2) is 72.8 Å². The number of hydrogen-bond donors (Lipinski definition) is 2. The number of para-hydroxylation sites is 1. The molecular weight excluding hydrogens is 562 g/mol. The van der Waals surface area contributed by atoms with Crippen molar-refractivity contribution in [2.45, 2.75) is 24.8 Å². The van der Waals surface area contributed by atoms with Gasteiger partial charge in [-0.3, -0.25) is 9.59 Å². The van der Waals surface area contributed by atoms with E-state index in [0.717, 1.165) is 11.3 Å². The monoisotopic (exact) mass is 601 g/mol. The van der Waals surface area contributed by atoms with E-state index in [2.05, 4.69) is 15.5 Å². The molecule has 3 aromatic carbocycles. The largest absolute Gasteiger partial charge is 0.497 e. The predicted molar refractivity (Wildman–Crippen MR) is 167 cm³/mol. The zero-order valence-corrected chi connectivity index (χ0v) is 25.4. The highest BCUT2D eigenvalue weighted by atomic mass is 16.5. The van der Waals surface area contributed by atoms with E-state index in [1.165, 1.54) is 0 Å². The fourth-order valence-electron chi connectivity index (χ4n) is 5.89. The lowest BCUT2D eigenvalue weighted by Gasteiger charge is -2.43. The minimum Gasteiger partial charge on any atom is -0.497 e. The second-order valence-corrected chi connectivity index (χ2v) is 10.9. The van der Waals surface area contributed by atoms with Crippen molar-refractivity contribution < 1.29 is 28.6 Å². The number of carbonyl (C=O) groups is 3. The van der Waals surface area contributed by atoms with Crippen molar-refractivity contribution in [2.75, 3.05) is 64.4 Å². The number of benzene rings is 3. The first-order valence-electron chi connectivity index (χ1n) is 14.7. The van der Waals surface area contributed by atoms with Crippen LogP contribution in [-0.2, 0) is 16.0 Å². The van der Waals surface area contributed by atoms with Gasteiger partial charge in [0.1, 0.15) is 17.8 Å². The number of ether oxygens (including phenoxy) is 3. The topological polar surface area (TPSA) is 113 Å². The number of methoxy groups -OCH3 is 3. The van der Waals surface area contributed by atoms with Crippen LogP contribution in [0.1, 0.15) is 18.4 Å². The number of nitrogens with zero attached hydrogens (tertiary/aromatic N) is 3. The molecule has 3 aromatic rings. The van der Waals surface area contributed by atoms with Crippen molar-refractivity contribution in [2.24, 2.45) is 0 Å². The molecule has 4 amide bonds. The Morgan fingerprint density at radius 1 is 0.864 bits per heavy atom. The molecule has 2 aliphatic heterocycles. The summed E-state index contributed by atoms with van der Waals surface area (Å²) in [5.74, 6) is 1.68. The standard InChI is InChI=1S/C33H39N5O6/c1-42-27-12-10-25(11-13-27)35-32(41)36-19-16-33(17-20-36)31(40)37(23-38(33)26-7-5-4-6-8-26)22-30(39)34-18-15-24-9-14-28(43-2)29(21-24)44-3/h4-14,21H,15-20,22-23H2,1-3H3,(H,34,39)(H,35,41). The second kappa shape index (κ2) is 13.6. The number of urea groups is 1. The molecule has 2 heterocycles. The first-order valence-corrected chi connectivity index (χ1v) is 14.7. The zero-order valence-electron chi connectivity index (χ0n) is 25.4. The summed E-state index contributed by atoms with van der Waals surface area (Å²) >= 11 is 0. The molecule has 0 saturated carbocycles. The van der Waals surface area contributed by atoms with Crippen molar-refractivity contribution in [3.8, 4) is 17.2 Å². The lowest BCUT2D eigenvalue weighted by Crippen LogP contribution is -2.58. The molecule has 2 fully saturated rings. The molecule has 1 spiro atoms. The van der Waals surface area contributed by atoms with Gasteiger partial charge in [0.25, 0.3) is 5.91 Å². The normalized spacial score (nSPS) is 15.7. The summed E-state index contributed by atoms with van der Waals surface area (Å²) in [6, 6.07) is 22.4. The Morgan fingerprint density at radius 3 is 2.23 bits per heavy atom. The zero-order chi connectivity index (χ0) is 31.1. The van der Waals surface area contributed by atoms with E-state index in [9.17, 15) is 14.4 Å². The van der Waals surface area contributed by atoms with Crippen molar-refractivity contribution in [1.82, 2.24) is 15.1 Å². The summed E-state index contributed by atoms with van der Waals surface area (Å²) in [4.78, 5) is 45.5. The third-order valence-electron chi connectivity index (χ3n) is 8.32. The summed E-state index contributed by atoms with van der Waals surface area (Å²) in [6.07, 6.45) is 1.51. The fourth-order valence-corrected chi connectivity index (χ4v) is 5.89. The van der Waals surface area contributed by atoms with Crippen LogP contribution in [0, 0.1) is 0 Å². The lowest BCUT2D eigenvalue weighted by molar-refractivity contribution is -0.137. The number of rotatable bonds is 10. The Labute approximate surface area is 257 Å². The van der Waals surface area contributed by atoms with E-state index in [1.54, 1.807) is 55.4 Å². The van der Waals surface area contributed by atoms with Crippen LogP contribution in [0.2, 0.25) is 0 Å². The Morgan fingerprint density at radius 2 is 1.57 bits per heavy atom. The Hall–Kier alpha value is -4.93. The third-order valence-corrected chi connectivity index (χ3v) is 8.32. The van der Waals surface area contributed by atoms with E-state index < -0.39 is 5.54 Å². The van der Waals surface area contributed by atoms with Crippen LogP contribution in [0.5, 0.6) is 17.2 Å². The molecule has 11 heteroatoms.